The van der Waals surface area contributed by atoms with Gasteiger partial charge in [0.05, 0.1) is 11.1 Å². The highest BCUT2D eigenvalue weighted by Crippen LogP contribution is 2.03. The van der Waals surface area contributed by atoms with Gasteiger partial charge in [0.1, 0.15) is 7.85 Å². The SMILES string of the molecule is [B]COSS. The zero-order valence-electron chi connectivity index (χ0n) is 2.55. The average molecular weight is 106 g/mol. The Kier molecular flexibility index (Phi) is 5.41. The number of thiol groups is 1. The first-order chi connectivity index (χ1) is 2.41. The summed E-state index contributed by atoms with van der Waals surface area (Å²) in [5, 5.41) is 0. The van der Waals surface area contributed by atoms with Crippen LogP contribution in [0.4, 0.5) is 0 Å². The van der Waals surface area contributed by atoms with Crippen molar-refractivity contribution >= 4 is 30.6 Å². The van der Waals surface area contributed by atoms with Gasteiger partial charge in [0.15, 0.2) is 0 Å². The molecule has 0 aromatic carbocycles. The molecule has 1 nitrogen and oxygen atoms in total. The predicted octanol–water partition coefficient (Wildman–Crippen LogP) is 0.622. The highest BCUT2D eigenvalue weighted by molar-refractivity contribution is 8.66. The van der Waals surface area contributed by atoms with E-state index in [4.69, 9.17) is 7.85 Å². The Balaban J connectivity index is 2.19. The molecule has 2 radical (unpaired) electrons. The van der Waals surface area contributed by atoms with Gasteiger partial charge in [-0.15, -0.1) is 0 Å². The summed E-state index contributed by atoms with van der Waals surface area (Å²) in [4.78, 5) is 0. The number of hydrogen-bond acceptors (Lipinski definition) is 3. The molecule has 0 amide bonds. The molecule has 0 heterocycles. The summed E-state index contributed by atoms with van der Waals surface area (Å²) in [7, 11) is 4.85. The molecule has 5 heavy (non-hydrogen) atoms. The van der Waals surface area contributed by atoms with E-state index in [9.17, 15) is 0 Å². The molecule has 0 bridgehead atoms. The summed E-state index contributed by atoms with van der Waals surface area (Å²) in [6.45, 7) is 0.230. The largest absolute Gasteiger partial charge is 0.315 e. The highest BCUT2D eigenvalue weighted by Gasteiger charge is 1.66. The second-order valence-corrected chi connectivity index (χ2v) is 1.19. The molecule has 0 atom stereocenters. The molecule has 0 aliphatic heterocycles. The van der Waals surface area contributed by atoms with Crippen LogP contribution in [-0.4, -0.2) is 14.4 Å². The lowest BCUT2D eigenvalue weighted by molar-refractivity contribution is 0.466. The second-order valence-electron chi connectivity index (χ2n) is 0.359. The van der Waals surface area contributed by atoms with Gasteiger partial charge in [0, 0.05) is 6.51 Å². The fourth-order valence-corrected chi connectivity index (χ4v) is 0.274. The van der Waals surface area contributed by atoms with Gasteiger partial charge in [0.2, 0.25) is 0 Å². The molecule has 0 rings (SSSR count). The van der Waals surface area contributed by atoms with Crippen LogP contribution in [0.25, 0.3) is 0 Å². The van der Waals surface area contributed by atoms with Crippen LogP contribution < -0.4 is 0 Å². The molecule has 28 valence electrons. The average Bonchev–Trinajstić information content (AvgIpc) is 1.41. The van der Waals surface area contributed by atoms with E-state index in [0.29, 0.717) is 0 Å². The summed E-state index contributed by atoms with van der Waals surface area (Å²) in [6, 6.07) is 0. The van der Waals surface area contributed by atoms with Crippen molar-refractivity contribution in [2.45, 2.75) is 0 Å². The highest BCUT2D eigenvalue weighted by atomic mass is 33.1. The molecule has 0 fully saturated rings. The van der Waals surface area contributed by atoms with Crippen molar-refractivity contribution in [3.63, 3.8) is 0 Å². The monoisotopic (exact) mass is 106 g/mol. The van der Waals surface area contributed by atoms with Gasteiger partial charge in [-0.05, 0) is 0 Å². The second kappa shape index (κ2) is 4.72. The molecule has 0 N–H and O–H groups in total. The van der Waals surface area contributed by atoms with Crippen LogP contribution in [0.1, 0.15) is 0 Å². The summed E-state index contributed by atoms with van der Waals surface area (Å²) >= 11 is 4.59. The third-order valence-electron chi connectivity index (χ3n) is 0.121. The van der Waals surface area contributed by atoms with Crippen molar-refractivity contribution < 1.29 is 4.18 Å². The molecule has 0 aromatic heterocycles. The predicted molar refractivity (Wildman–Crippen MR) is 28.3 cm³/mol. The number of rotatable bonds is 2. The molecule has 0 saturated heterocycles. The first kappa shape index (κ1) is 5.72. The molecule has 0 unspecified atom stereocenters. The zero-order chi connectivity index (χ0) is 4.12. The lowest BCUT2D eigenvalue weighted by Gasteiger charge is -1.83. The van der Waals surface area contributed by atoms with Gasteiger partial charge in [0.25, 0.3) is 0 Å². The lowest BCUT2D eigenvalue weighted by atomic mass is 10.2. The standard InChI is InChI=1S/CH3BOS2/c2-1-3-5-4/h4H,1H2. The smallest absolute Gasteiger partial charge is 0.106 e. The van der Waals surface area contributed by atoms with Gasteiger partial charge >= 0.3 is 0 Å². The molecule has 0 aliphatic carbocycles. The summed E-state index contributed by atoms with van der Waals surface area (Å²) < 4.78 is 4.39. The van der Waals surface area contributed by atoms with E-state index in [2.05, 4.69) is 15.8 Å². The van der Waals surface area contributed by atoms with Crippen molar-refractivity contribution in [3.05, 3.63) is 0 Å². The Morgan fingerprint density at radius 1 is 2.00 bits per heavy atom. The van der Waals surface area contributed by atoms with Crippen LogP contribution in [-0.2, 0) is 4.18 Å². The van der Waals surface area contributed by atoms with Crippen LogP contribution in [0.2, 0.25) is 0 Å². The minimum Gasteiger partial charge on any atom is -0.315 e. The van der Waals surface area contributed by atoms with Crippen LogP contribution in [0.5, 0.6) is 0 Å². The fraction of sp³-hybridized carbons (Fsp3) is 1.00. The first-order valence-electron chi connectivity index (χ1n) is 1.05. The van der Waals surface area contributed by atoms with Gasteiger partial charge in [-0.2, -0.15) is 0 Å². The number of hydrogen-bond donors (Lipinski definition) is 1. The third kappa shape index (κ3) is 4.72. The normalized spacial score (nSPS) is 8.20. The van der Waals surface area contributed by atoms with Gasteiger partial charge in [-0.1, -0.05) is 11.7 Å². The van der Waals surface area contributed by atoms with Crippen LogP contribution in [0.15, 0.2) is 0 Å². The minimum absolute atomic E-state index is 0.230. The van der Waals surface area contributed by atoms with Crippen molar-refractivity contribution in [2.24, 2.45) is 0 Å². The Morgan fingerprint density at radius 3 is 2.60 bits per heavy atom. The van der Waals surface area contributed by atoms with Crippen LogP contribution >= 0.6 is 22.7 Å². The summed E-state index contributed by atoms with van der Waals surface area (Å²) in [6.07, 6.45) is 0. The molecular weight excluding hydrogens is 103 g/mol. The van der Waals surface area contributed by atoms with Crippen molar-refractivity contribution in [2.75, 3.05) is 6.51 Å². The molecular formula is CH3BOS2. The first-order valence-corrected chi connectivity index (χ1v) is 2.84. The van der Waals surface area contributed by atoms with Gasteiger partial charge < -0.3 is 4.18 Å². The Morgan fingerprint density at radius 2 is 2.60 bits per heavy atom. The van der Waals surface area contributed by atoms with Gasteiger partial charge in [-0.3, -0.25) is 0 Å². The fourth-order valence-electron chi connectivity index (χ4n) is 0.0304. The van der Waals surface area contributed by atoms with E-state index < -0.39 is 0 Å². The maximum atomic E-state index is 4.85. The van der Waals surface area contributed by atoms with Crippen molar-refractivity contribution in [3.8, 4) is 0 Å². The molecule has 0 spiro atoms. The van der Waals surface area contributed by atoms with Crippen LogP contribution in [0, 0.1) is 0 Å². The summed E-state index contributed by atoms with van der Waals surface area (Å²) in [5.41, 5.74) is 0. The van der Waals surface area contributed by atoms with Crippen LogP contribution in [0.3, 0.4) is 0 Å². The van der Waals surface area contributed by atoms with Crippen molar-refractivity contribution in [1.29, 1.82) is 0 Å². The van der Waals surface area contributed by atoms with E-state index >= 15 is 0 Å². The maximum Gasteiger partial charge on any atom is 0.106 e. The van der Waals surface area contributed by atoms with Gasteiger partial charge in [-0.25, -0.2) is 0 Å². The quantitative estimate of drug-likeness (QED) is 0.239. The molecule has 0 aromatic rings. The van der Waals surface area contributed by atoms with E-state index in [1.165, 1.54) is 0 Å². The Bertz CT molecular complexity index is 17.1. The van der Waals surface area contributed by atoms with E-state index in [1.54, 1.807) is 0 Å². The van der Waals surface area contributed by atoms with Crippen molar-refractivity contribution in [1.82, 2.24) is 0 Å². The van der Waals surface area contributed by atoms with E-state index in [1.807, 2.05) is 0 Å². The molecule has 0 aliphatic rings. The Labute approximate surface area is 41.9 Å². The molecule has 0 saturated carbocycles. The third-order valence-corrected chi connectivity index (χ3v) is 0.678. The maximum absolute atomic E-state index is 4.85. The summed E-state index contributed by atoms with van der Waals surface area (Å²) in [5.74, 6) is 0. The Hall–Kier alpha value is 0.725. The van der Waals surface area contributed by atoms with E-state index in [-0.39, 0.29) is 6.51 Å². The van der Waals surface area contributed by atoms with E-state index in [0.717, 1.165) is 11.1 Å². The minimum atomic E-state index is 0.230. The topological polar surface area (TPSA) is 9.23 Å². The zero-order valence-corrected chi connectivity index (χ0v) is 4.26. The lowest BCUT2D eigenvalue weighted by Crippen LogP contribution is -1.76. The molecule has 4 heteroatoms.